The molecule has 2 aromatic rings. The van der Waals surface area contributed by atoms with E-state index in [2.05, 4.69) is 10.0 Å². The summed E-state index contributed by atoms with van der Waals surface area (Å²) in [5.41, 5.74) is 0.716. The number of likely N-dealkylation sites (tertiary alicyclic amines) is 1. The summed E-state index contributed by atoms with van der Waals surface area (Å²) < 4.78 is 33.5. The molecule has 31 heavy (non-hydrogen) atoms. The van der Waals surface area contributed by atoms with Crippen molar-refractivity contribution in [3.63, 3.8) is 0 Å². The molecule has 1 saturated heterocycles. The number of piperidine rings is 1. The van der Waals surface area contributed by atoms with Gasteiger partial charge in [-0.05, 0) is 62.2 Å². The van der Waals surface area contributed by atoms with Crippen molar-refractivity contribution >= 4 is 27.5 Å². The lowest BCUT2D eigenvalue weighted by atomic mass is 10.0. The van der Waals surface area contributed by atoms with Crippen LogP contribution >= 0.6 is 0 Å². The number of hydrogen-bond donors (Lipinski definition) is 2. The van der Waals surface area contributed by atoms with Gasteiger partial charge in [0.1, 0.15) is 5.75 Å². The fourth-order valence-corrected chi connectivity index (χ4v) is 4.60. The molecular formula is C22H27N3O5S. The Balaban J connectivity index is 1.68. The van der Waals surface area contributed by atoms with Crippen molar-refractivity contribution in [2.75, 3.05) is 24.4 Å². The van der Waals surface area contributed by atoms with Crippen LogP contribution in [0.25, 0.3) is 0 Å². The van der Waals surface area contributed by atoms with Crippen LogP contribution in [-0.4, -0.2) is 50.9 Å². The topological polar surface area (TPSA) is 105 Å². The van der Waals surface area contributed by atoms with Gasteiger partial charge in [-0.2, -0.15) is 0 Å². The first-order chi connectivity index (χ1) is 14.8. The zero-order valence-electron chi connectivity index (χ0n) is 17.6. The maximum Gasteiger partial charge on any atom is 0.261 e. The number of anilines is 1. The van der Waals surface area contributed by atoms with Crippen LogP contribution < -0.4 is 14.8 Å². The Morgan fingerprint density at radius 1 is 1.10 bits per heavy atom. The number of benzene rings is 2. The van der Waals surface area contributed by atoms with E-state index in [9.17, 15) is 18.0 Å². The third kappa shape index (κ3) is 5.97. The van der Waals surface area contributed by atoms with E-state index in [1.54, 1.807) is 41.3 Å². The highest BCUT2D eigenvalue weighted by Crippen LogP contribution is 2.21. The molecule has 0 radical (unpaired) electrons. The molecule has 3 rings (SSSR count). The van der Waals surface area contributed by atoms with Crippen molar-refractivity contribution in [3.8, 4) is 5.75 Å². The van der Waals surface area contributed by atoms with Crippen molar-refractivity contribution in [2.24, 2.45) is 0 Å². The average Bonchev–Trinajstić information content (AvgIpc) is 2.75. The number of amides is 2. The zero-order valence-corrected chi connectivity index (χ0v) is 18.4. The van der Waals surface area contributed by atoms with E-state index in [0.717, 1.165) is 0 Å². The summed E-state index contributed by atoms with van der Waals surface area (Å²) in [6.45, 7) is 4.88. The molecule has 2 N–H and O–H groups in total. The minimum absolute atomic E-state index is 0.0142. The summed E-state index contributed by atoms with van der Waals surface area (Å²) in [5, 5.41) is 2.87. The molecule has 0 saturated carbocycles. The summed E-state index contributed by atoms with van der Waals surface area (Å²) in [4.78, 5) is 25.8. The SMILES string of the molecule is CCOc1ccc(NS(=O)(=O)c2cccc(C(=O)N3CCC(NC(C)=O)CC3)c2)cc1. The predicted molar refractivity (Wildman–Crippen MR) is 118 cm³/mol. The summed E-state index contributed by atoms with van der Waals surface area (Å²) >= 11 is 0. The van der Waals surface area contributed by atoms with E-state index < -0.39 is 10.0 Å². The first-order valence-corrected chi connectivity index (χ1v) is 11.7. The van der Waals surface area contributed by atoms with E-state index >= 15 is 0 Å². The molecule has 9 heteroatoms. The third-order valence-electron chi connectivity index (χ3n) is 5.00. The Hall–Kier alpha value is -3.07. The summed E-state index contributed by atoms with van der Waals surface area (Å²) in [6.07, 6.45) is 1.34. The molecule has 1 aliphatic heterocycles. The quantitative estimate of drug-likeness (QED) is 0.682. The number of rotatable bonds is 7. The Kier molecular flexibility index (Phi) is 7.17. The largest absolute Gasteiger partial charge is 0.494 e. The van der Waals surface area contributed by atoms with Crippen LogP contribution in [0.5, 0.6) is 5.75 Å². The van der Waals surface area contributed by atoms with E-state index in [0.29, 0.717) is 49.5 Å². The molecule has 0 unspecified atom stereocenters. The van der Waals surface area contributed by atoms with Crippen molar-refractivity contribution in [1.82, 2.24) is 10.2 Å². The van der Waals surface area contributed by atoms with Gasteiger partial charge in [0.25, 0.3) is 15.9 Å². The van der Waals surface area contributed by atoms with Gasteiger partial charge < -0.3 is 15.0 Å². The van der Waals surface area contributed by atoms with Crippen LogP contribution in [0.1, 0.15) is 37.0 Å². The van der Waals surface area contributed by atoms with Crippen molar-refractivity contribution in [3.05, 3.63) is 54.1 Å². The van der Waals surface area contributed by atoms with Gasteiger partial charge in [0, 0.05) is 37.3 Å². The lowest BCUT2D eigenvalue weighted by Crippen LogP contribution is -2.46. The van der Waals surface area contributed by atoms with Crippen LogP contribution in [0.3, 0.4) is 0 Å². The molecule has 0 bridgehead atoms. The van der Waals surface area contributed by atoms with Gasteiger partial charge in [-0.25, -0.2) is 8.42 Å². The van der Waals surface area contributed by atoms with E-state index in [-0.39, 0.29) is 22.8 Å². The van der Waals surface area contributed by atoms with Crippen LogP contribution in [0.15, 0.2) is 53.4 Å². The minimum atomic E-state index is -3.86. The summed E-state index contributed by atoms with van der Waals surface area (Å²) in [5.74, 6) is 0.349. The highest BCUT2D eigenvalue weighted by Gasteiger charge is 2.25. The maximum absolute atomic E-state index is 12.9. The molecular weight excluding hydrogens is 418 g/mol. The molecule has 2 aromatic carbocycles. The molecule has 0 spiro atoms. The molecule has 166 valence electrons. The van der Waals surface area contributed by atoms with E-state index in [4.69, 9.17) is 4.74 Å². The van der Waals surface area contributed by atoms with Crippen LogP contribution in [0, 0.1) is 0 Å². The molecule has 1 heterocycles. The van der Waals surface area contributed by atoms with Crippen molar-refractivity contribution < 1.29 is 22.7 Å². The van der Waals surface area contributed by atoms with Gasteiger partial charge in [0.2, 0.25) is 5.91 Å². The predicted octanol–water partition coefficient (Wildman–Crippen LogP) is 2.63. The molecule has 0 aromatic heterocycles. The average molecular weight is 446 g/mol. The lowest BCUT2D eigenvalue weighted by molar-refractivity contribution is -0.119. The number of carbonyl (C=O) groups excluding carboxylic acids is 2. The van der Waals surface area contributed by atoms with Gasteiger partial charge in [-0.3, -0.25) is 14.3 Å². The fraction of sp³-hybridized carbons (Fsp3) is 0.364. The molecule has 1 fully saturated rings. The summed E-state index contributed by atoms with van der Waals surface area (Å²) in [6, 6.07) is 12.7. The van der Waals surface area contributed by atoms with Crippen molar-refractivity contribution in [1.29, 1.82) is 0 Å². The van der Waals surface area contributed by atoms with Crippen LogP contribution in [0.4, 0.5) is 5.69 Å². The molecule has 8 nitrogen and oxygen atoms in total. The number of nitrogens with zero attached hydrogens (tertiary/aromatic N) is 1. The molecule has 1 aliphatic rings. The number of hydrogen-bond acceptors (Lipinski definition) is 5. The number of ether oxygens (including phenoxy) is 1. The monoisotopic (exact) mass is 445 g/mol. The third-order valence-corrected chi connectivity index (χ3v) is 6.38. The zero-order chi connectivity index (χ0) is 22.4. The standard InChI is InChI=1S/C22H27N3O5S/c1-3-30-20-9-7-19(8-10-20)24-31(28,29)21-6-4-5-17(15-21)22(27)25-13-11-18(12-14-25)23-16(2)26/h4-10,15,18,24H,3,11-14H2,1-2H3,(H,23,26). The van der Waals surface area contributed by atoms with Gasteiger partial charge in [0.05, 0.1) is 11.5 Å². The Labute approximate surface area is 182 Å². The fourth-order valence-electron chi connectivity index (χ4n) is 3.49. The molecule has 0 aliphatic carbocycles. The first kappa shape index (κ1) is 22.6. The van der Waals surface area contributed by atoms with Crippen LogP contribution in [-0.2, 0) is 14.8 Å². The highest BCUT2D eigenvalue weighted by molar-refractivity contribution is 7.92. The second kappa shape index (κ2) is 9.82. The number of sulfonamides is 1. The maximum atomic E-state index is 12.9. The highest BCUT2D eigenvalue weighted by atomic mass is 32.2. The Morgan fingerprint density at radius 2 is 1.77 bits per heavy atom. The van der Waals surface area contributed by atoms with Gasteiger partial charge in [0.15, 0.2) is 0 Å². The molecule has 0 atom stereocenters. The number of carbonyl (C=O) groups is 2. The van der Waals surface area contributed by atoms with E-state index in [1.807, 2.05) is 6.92 Å². The van der Waals surface area contributed by atoms with Gasteiger partial charge >= 0.3 is 0 Å². The second-order valence-electron chi connectivity index (χ2n) is 7.36. The smallest absolute Gasteiger partial charge is 0.261 e. The second-order valence-corrected chi connectivity index (χ2v) is 9.04. The molecule has 2 amide bonds. The summed E-state index contributed by atoms with van der Waals surface area (Å²) in [7, 11) is -3.86. The van der Waals surface area contributed by atoms with E-state index in [1.165, 1.54) is 19.1 Å². The van der Waals surface area contributed by atoms with Crippen LogP contribution in [0.2, 0.25) is 0 Å². The lowest BCUT2D eigenvalue weighted by Gasteiger charge is -2.32. The minimum Gasteiger partial charge on any atom is -0.494 e. The Bertz CT molecular complexity index is 1030. The van der Waals surface area contributed by atoms with Gasteiger partial charge in [-0.1, -0.05) is 6.07 Å². The number of nitrogens with one attached hydrogen (secondary N) is 2. The van der Waals surface area contributed by atoms with Crippen molar-refractivity contribution in [2.45, 2.75) is 37.6 Å². The Morgan fingerprint density at radius 3 is 2.39 bits per heavy atom. The normalized spacial score (nSPS) is 14.7. The first-order valence-electron chi connectivity index (χ1n) is 10.2. The van der Waals surface area contributed by atoms with Gasteiger partial charge in [-0.15, -0.1) is 0 Å².